The van der Waals surface area contributed by atoms with E-state index in [0.29, 0.717) is 24.8 Å². The van der Waals surface area contributed by atoms with Gasteiger partial charge in [-0.15, -0.1) is 0 Å². The van der Waals surface area contributed by atoms with Crippen LogP contribution in [0.4, 0.5) is 0 Å². The van der Waals surface area contributed by atoms with Gasteiger partial charge in [-0.3, -0.25) is 0 Å². The monoisotopic (exact) mass is 295 g/mol. The Morgan fingerprint density at radius 3 is 2.77 bits per heavy atom. The van der Waals surface area contributed by atoms with Gasteiger partial charge in [0.05, 0.1) is 6.61 Å². The molecule has 3 rings (SSSR count). The Morgan fingerprint density at radius 1 is 1.27 bits per heavy atom. The second-order valence-electron chi connectivity index (χ2n) is 5.90. The first kappa shape index (κ1) is 14.6. The summed E-state index contributed by atoms with van der Waals surface area (Å²) in [6.07, 6.45) is 1.89. The molecular weight excluding hydrogens is 274 g/mol. The molecule has 0 aromatic rings. The first-order valence-corrected chi connectivity index (χ1v) is 7.78. The van der Waals surface area contributed by atoms with Crippen LogP contribution in [0.25, 0.3) is 17.2 Å². The van der Waals surface area contributed by atoms with E-state index >= 15 is 0 Å². The number of hydrogen-bond acceptors (Lipinski definition) is 3. The molecule has 0 saturated heterocycles. The topological polar surface area (TPSA) is 38.3 Å². The minimum atomic E-state index is -0.286. The Kier molecular flexibility index (Phi) is 3.88. The summed E-state index contributed by atoms with van der Waals surface area (Å²) < 4.78 is 5.06. The van der Waals surface area contributed by atoms with Gasteiger partial charge in [-0.05, 0) is 52.8 Å². The second kappa shape index (κ2) is 5.84. The maximum absolute atomic E-state index is 11.8. The molecule has 0 saturated carbocycles. The van der Waals surface area contributed by atoms with Crippen molar-refractivity contribution in [3.8, 4) is 11.1 Å². The lowest BCUT2D eigenvalue weighted by atomic mass is 10.0. The third-order valence-electron chi connectivity index (χ3n) is 4.11. The van der Waals surface area contributed by atoms with E-state index in [2.05, 4.69) is 49.5 Å². The summed E-state index contributed by atoms with van der Waals surface area (Å²) in [6.45, 7) is 7.26. The zero-order chi connectivity index (χ0) is 15.7. The number of carbonyl (C=O) groups excluding carboxylic acids is 1. The quantitative estimate of drug-likeness (QED) is 0.872. The van der Waals surface area contributed by atoms with Crippen LogP contribution in [0.1, 0.15) is 43.4 Å². The van der Waals surface area contributed by atoms with Gasteiger partial charge in [-0.1, -0.05) is 38.1 Å². The van der Waals surface area contributed by atoms with Gasteiger partial charge in [-0.2, -0.15) is 0 Å². The number of hydrogen-bond donors (Lipinski definition) is 1. The molecule has 0 amide bonds. The van der Waals surface area contributed by atoms with Crippen LogP contribution >= 0.6 is 0 Å². The highest BCUT2D eigenvalue weighted by Gasteiger charge is 2.21. The molecule has 1 heterocycles. The molecule has 0 spiro atoms. The molecule has 0 radical (unpaired) electrons. The van der Waals surface area contributed by atoms with Crippen molar-refractivity contribution in [1.82, 2.24) is 5.32 Å². The summed E-state index contributed by atoms with van der Waals surface area (Å²) in [5, 5.41) is 3.17. The minimum absolute atomic E-state index is 0.286. The molecule has 0 fully saturated rings. The van der Waals surface area contributed by atoms with Crippen molar-refractivity contribution < 1.29 is 9.53 Å². The Balaban J connectivity index is 2.02. The van der Waals surface area contributed by atoms with Crippen LogP contribution in [0.15, 0.2) is 36.0 Å². The van der Waals surface area contributed by atoms with Gasteiger partial charge in [0.15, 0.2) is 0 Å². The molecule has 1 N–H and O–H groups in total. The lowest BCUT2D eigenvalue weighted by Crippen LogP contribution is -2.24. The lowest BCUT2D eigenvalue weighted by Gasteiger charge is -2.16. The van der Waals surface area contributed by atoms with E-state index in [1.807, 2.05) is 13.0 Å². The zero-order valence-corrected chi connectivity index (χ0v) is 13.3. The van der Waals surface area contributed by atoms with E-state index in [1.165, 1.54) is 22.3 Å². The molecule has 3 aliphatic rings. The number of carbonyl (C=O) groups is 1. The molecule has 0 aromatic carbocycles. The normalized spacial score (nSPS) is 13.5. The summed E-state index contributed by atoms with van der Waals surface area (Å²) in [6, 6.07) is 10.9. The van der Waals surface area contributed by atoms with Crippen molar-refractivity contribution in [3.05, 3.63) is 52.7 Å². The summed E-state index contributed by atoms with van der Waals surface area (Å²) >= 11 is 0. The van der Waals surface area contributed by atoms with Crippen molar-refractivity contribution in [2.24, 2.45) is 0 Å². The first-order chi connectivity index (χ1) is 10.6. The van der Waals surface area contributed by atoms with Crippen LogP contribution in [0.5, 0.6) is 0 Å². The molecular formula is C19H21NO2. The molecule has 0 atom stereocenters. The fourth-order valence-corrected chi connectivity index (χ4v) is 2.86. The van der Waals surface area contributed by atoms with Gasteiger partial charge in [0.25, 0.3) is 0 Å². The van der Waals surface area contributed by atoms with Crippen LogP contribution in [0.3, 0.4) is 0 Å². The van der Waals surface area contributed by atoms with Crippen molar-refractivity contribution in [2.75, 3.05) is 6.61 Å². The van der Waals surface area contributed by atoms with Crippen LogP contribution < -0.4 is 5.32 Å². The molecule has 3 heteroatoms. The minimum Gasteiger partial charge on any atom is -0.461 e. The Hall–Kier alpha value is -2.29. The van der Waals surface area contributed by atoms with E-state index < -0.39 is 0 Å². The average Bonchev–Trinajstić information content (AvgIpc) is 2.70. The van der Waals surface area contributed by atoms with Gasteiger partial charge < -0.3 is 10.1 Å². The van der Waals surface area contributed by atoms with E-state index in [-0.39, 0.29) is 5.97 Å². The number of ether oxygens (including phenoxy) is 1. The van der Waals surface area contributed by atoms with Crippen molar-refractivity contribution >= 4 is 12.0 Å². The Bertz CT molecular complexity index is 716. The van der Waals surface area contributed by atoms with Crippen LogP contribution in [-0.4, -0.2) is 12.6 Å². The summed E-state index contributed by atoms with van der Waals surface area (Å²) in [7, 11) is 0. The number of esters is 1. The molecule has 22 heavy (non-hydrogen) atoms. The van der Waals surface area contributed by atoms with Gasteiger partial charge in [0, 0.05) is 6.54 Å². The lowest BCUT2D eigenvalue weighted by molar-refractivity contribution is -0.138. The number of rotatable bonds is 3. The van der Waals surface area contributed by atoms with Gasteiger partial charge >= 0.3 is 5.97 Å². The maximum Gasteiger partial charge on any atom is 0.354 e. The summed E-state index contributed by atoms with van der Waals surface area (Å²) in [5.74, 6) is 0.229. The molecule has 2 aliphatic carbocycles. The predicted octanol–water partition coefficient (Wildman–Crippen LogP) is 3.92. The highest BCUT2D eigenvalue weighted by molar-refractivity contribution is 5.95. The average molecular weight is 295 g/mol. The Labute approximate surface area is 131 Å². The SMILES string of the molecule is CCOC(=O)C1=Cc2cc3ccc(C(C)C)ccc-3c2CN1. The van der Waals surface area contributed by atoms with Crippen molar-refractivity contribution in [1.29, 1.82) is 0 Å². The Morgan fingerprint density at radius 2 is 2.05 bits per heavy atom. The molecule has 3 nitrogen and oxygen atoms in total. The molecule has 0 aromatic heterocycles. The highest BCUT2D eigenvalue weighted by Crippen LogP contribution is 2.35. The van der Waals surface area contributed by atoms with E-state index in [0.717, 1.165) is 5.56 Å². The smallest absolute Gasteiger partial charge is 0.354 e. The third kappa shape index (κ3) is 2.59. The zero-order valence-electron chi connectivity index (χ0n) is 13.3. The molecule has 0 bridgehead atoms. The third-order valence-corrected chi connectivity index (χ3v) is 4.11. The van der Waals surface area contributed by atoms with E-state index in [1.54, 1.807) is 0 Å². The van der Waals surface area contributed by atoms with E-state index in [4.69, 9.17) is 4.74 Å². The molecule has 0 unspecified atom stereocenters. The van der Waals surface area contributed by atoms with Crippen LogP contribution in [-0.2, 0) is 16.1 Å². The maximum atomic E-state index is 11.8. The van der Waals surface area contributed by atoms with Gasteiger partial charge in [0.1, 0.15) is 5.70 Å². The molecule has 114 valence electrons. The number of nitrogens with one attached hydrogen (secondary N) is 1. The van der Waals surface area contributed by atoms with E-state index in [9.17, 15) is 4.79 Å². The fraction of sp³-hybridized carbons (Fsp3) is 0.316. The van der Waals surface area contributed by atoms with Crippen LogP contribution in [0.2, 0.25) is 0 Å². The summed E-state index contributed by atoms with van der Waals surface area (Å²) in [5.41, 5.74) is 6.67. The summed E-state index contributed by atoms with van der Waals surface area (Å²) in [4.78, 5) is 11.8. The van der Waals surface area contributed by atoms with Crippen molar-refractivity contribution in [3.63, 3.8) is 0 Å². The standard InChI is InChI=1S/C19H21NO2/c1-4-22-19(21)18-10-15-9-14-6-5-13(12(2)3)7-8-16(14)17(15)11-20-18/h5-10,12,20H,4,11H2,1-3H3. The van der Waals surface area contributed by atoms with Crippen LogP contribution in [0, 0.1) is 0 Å². The number of fused-ring (bicyclic) bond motifs is 3. The second-order valence-corrected chi connectivity index (χ2v) is 5.90. The van der Waals surface area contributed by atoms with Crippen molar-refractivity contribution in [2.45, 2.75) is 33.2 Å². The largest absolute Gasteiger partial charge is 0.461 e. The molecule has 1 aliphatic heterocycles. The van der Waals surface area contributed by atoms with Gasteiger partial charge in [-0.25, -0.2) is 4.79 Å². The van der Waals surface area contributed by atoms with Gasteiger partial charge in [0.2, 0.25) is 0 Å². The first-order valence-electron chi connectivity index (χ1n) is 7.78. The fourth-order valence-electron chi connectivity index (χ4n) is 2.86. The highest BCUT2D eigenvalue weighted by atomic mass is 16.5. The predicted molar refractivity (Wildman–Crippen MR) is 88.6 cm³/mol.